The van der Waals surface area contributed by atoms with E-state index in [0.717, 1.165) is 4.31 Å². The molecule has 2 aromatic rings. The zero-order chi connectivity index (χ0) is 23.9. The second kappa shape index (κ2) is 11.3. The molecule has 2 amide bonds. The number of hydrogen-bond donors (Lipinski definition) is 1. The summed E-state index contributed by atoms with van der Waals surface area (Å²) in [5, 5.41) is 2.61. The maximum absolute atomic E-state index is 13.4. The van der Waals surface area contributed by atoms with Gasteiger partial charge in [0.25, 0.3) is 0 Å². The van der Waals surface area contributed by atoms with Crippen LogP contribution in [0.15, 0.2) is 52.0 Å². The van der Waals surface area contributed by atoms with Crippen molar-refractivity contribution in [2.75, 3.05) is 25.0 Å². The van der Waals surface area contributed by atoms with Gasteiger partial charge in [-0.1, -0.05) is 27.7 Å². The van der Waals surface area contributed by atoms with E-state index in [0.29, 0.717) is 24.5 Å². The number of rotatable bonds is 11. The van der Waals surface area contributed by atoms with Crippen molar-refractivity contribution >= 4 is 27.5 Å². The fraction of sp³-hybridized carbons (Fsp3) is 0.478. The summed E-state index contributed by atoms with van der Waals surface area (Å²) in [6.07, 6.45) is 1.47. The number of carbonyl (C=O) groups excluding carboxylic acids is 2. The molecule has 0 aliphatic heterocycles. The quantitative estimate of drug-likeness (QED) is 0.549. The highest BCUT2D eigenvalue weighted by molar-refractivity contribution is 7.89. The molecule has 0 saturated heterocycles. The second-order valence-corrected chi connectivity index (χ2v) is 10.6. The summed E-state index contributed by atoms with van der Waals surface area (Å²) in [5.41, 5.74) is 0.491. The van der Waals surface area contributed by atoms with Gasteiger partial charge in [-0.05, 0) is 48.2 Å². The highest BCUT2D eigenvalue weighted by Gasteiger charge is 2.30. The van der Waals surface area contributed by atoms with Gasteiger partial charge in [0.2, 0.25) is 21.8 Å². The number of carbonyl (C=O) groups is 2. The molecule has 0 spiro atoms. The Morgan fingerprint density at radius 1 is 1.00 bits per heavy atom. The number of amides is 2. The van der Waals surface area contributed by atoms with E-state index in [1.165, 1.54) is 37.5 Å². The molecule has 0 bridgehead atoms. The molecule has 0 atom stereocenters. The lowest BCUT2D eigenvalue weighted by atomic mass is 10.1. The van der Waals surface area contributed by atoms with E-state index in [9.17, 15) is 18.0 Å². The fourth-order valence-corrected chi connectivity index (χ4v) is 4.63. The van der Waals surface area contributed by atoms with Crippen molar-refractivity contribution in [2.45, 2.75) is 46.1 Å². The van der Waals surface area contributed by atoms with Crippen LogP contribution in [-0.2, 0) is 26.2 Å². The van der Waals surface area contributed by atoms with Gasteiger partial charge in [-0.25, -0.2) is 8.42 Å². The van der Waals surface area contributed by atoms with Crippen molar-refractivity contribution in [1.29, 1.82) is 0 Å². The van der Waals surface area contributed by atoms with Crippen LogP contribution in [0.3, 0.4) is 0 Å². The molecule has 0 aliphatic carbocycles. The lowest BCUT2D eigenvalue weighted by Crippen LogP contribution is -2.45. The predicted molar refractivity (Wildman–Crippen MR) is 123 cm³/mol. The molecule has 1 aromatic heterocycles. The average molecular weight is 464 g/mol. The van der Waals surface area contributed by atoms with Crippen LogP contribution in [0, 0.1) is 11.8 Å². The van der Waals surface area contributed by atoms with Crippen molar-refractivity contribution < 1.29 is 22.4 Å². The maximum Gasteiger partial charge on any atom is 0.243 e. The summed E-state index contributed by atoms with van der Waals surface area (Å²) in [5.74, 6) is 0.456. The summed E-state index contributed by atoms with van der Waals surface area (Å²) in [7, 11) is -3.99. The molecule has 2 rings (SSSR count). The Labute approximate surface area is 190 Å². The minimum atomic E-state index is -3.99. The fourth-order valence-electron chi connectivity index (χ4n) is 3.28. The van der Waals surface area contributed by atoms with E-state index in [1.54, 1.807) is 17.0 Å². The van der Waals surface area contributed by atoms with Crippen LogP contribution >= 0.6 is 0 Å². The Morgan fingerprint density at radius 2 is 1.59 bits per heavy atom. The smallest absolute Gasteiger partial charge is 0.243 e. The maximum atomic E-state index is 13.4. The number of sulfonamides is 1. The molecule has 1 aromatic carbocycles. The number of anilines is 1. The first-order valence-electron chi connectivity index (χ1n) is 10.7. The van der Waals surface area contributed by atoms with Gasteiger partial charge in [-0.15, -0.1) is 0 Å². The molecule has 32 heavy (non-hydrogen) atoms. The largest absolute Gasteiger partial charge is 0.468 e. The Hall–Kier alpha value is -2.65. The SMILES string of the molecule is CC(=O)Nc1ccc(S(=O)(=O)N(CC(=O)N(CC(C)C)CC(C)C)Cc2ccco2)cc1. The third kappa shape index (κ3) is 7.49. The molecule has 0 radical (unpaired) electrons. The van der Waals surface area contributed by atoms with E-state index in [-0.39, 0.29) is 41.6 Å². The number of nitrogens with zero attached hydrogens (tertiary/aromatic N) is 2. The first-order valence-corrected chi connectivity index (χ1v) is 12.1. The molecule has 8 nitrogen and oxygen atoms in total. The van der Waals surface area contributed by atoms with Crippen molar-refractivity contribution in [2.24, 2.45) is 11.8 Å². The monoisotopic (exact) mass is 463 g/mol. The van der Waals surface area contributed by atoms with Crippen molar-refractivity contribution in [3.8, 4) is 0 Å². The minimum Gasteiger partial charge on any atom is -0.468 e. The highest BCUT2D eigenvalue weighted by Crippen LogP contribution is 2.21. The van der Waals surface area contributed by atoms with Crippen molar-refractivity contribution in [3.63, 3.8) is 0 Å². The molecule has 1 heterocycles. The van der Waals surface area contributed by atoms with Crippen LogP contribution in [0.5, 0.6) is 0 Å². The molecular formula is C23H33N3O5S. The van der Waals surface area contributed by atoms with Crippen LogP contribution < -0.4 is 5.32 Å². The Morgan fingerprint density at radius 3 is 2.06 bits per heavy atom. The van der Waals surface area contributed by atoms with Gasteiger partial charge in [0, 0.05) is 25.7 Å². The lowest BCUT2D eigenvalue weighted by Gasteiger charge is -2.29. The van der Waals surface area contributed by atoms with E-state index < -0.39 is 10.0 Å². The van der Waals surface area contributed by atoms with Crippen LogP contribution in [-0.4, -0.2) is 49.1 Å². The van der Waals surface area contributed by atoms with E-state index in [1.807, 2.05) is 27.7 Å². The summed E-state index contributed by atoms with van der Waals surface area (Å²) in [6.45, 7) is 10.2. The standard InChI is InChI=1S/C23H33N3O5S/c1-17(2)13-25(14-18(3)4)23(28)16-26(15-21-7-6-12-31-21)32(29,30)22-10-8-20(9-11-22)24-19(5)27/h6-12,17-18H,13-16H2,1-5H3,(H,24,27). The molecule has 0 saturated carbocycles. The molecule has 0 fully saturated rings. The van der Waals surface area contributed by atoms with Crippen LogP contribution in [0.25, 0.3) is 0 Å². The molecule has 0 unspecified atom stereocenters. The van der Waals surface area contributed by atoms with E-state index >= 15 is 0 Å². The first-order chi connectivity index (χ1) is 15.0. The van der Waals surface area contributed by atoms with E-state index in [2.05, 4.69) is 5.32 Å². The molecule has 1 N–H and O–H groups in total. The summed E-state index contributed by atoms with van der Waals surface area (Å²) in [4.78, 5) is 26.1. The van der Waals surface area contributed by atoms with Gasteiger partial charge in [0.1, 0.15) is 5.76 Å². The number of hydrogen-bond acceptors (Lipinski definition) is 5. The van der Waals surface area contributed by atoms with Crippen LogP contribution in [0.4, 0.5) is 5.69 Å². The number of nitrogens with one attached hydrogen (secondary N) is 1. The molecule has 9 heteroatoms. The average Bonchev–Trinajstić information content (AvgIpc) is 3.19. The van der Waals surface area contributed by atoms with Gasteiger partial charge in [-0.3, -0.25) is 9.59 Å². The van der Waals surface area contributed by atoms with Crippen LogP contribution in [0.1, 0.15) is 40.4 Å². The van der Waals surface area contributed by atoms with Crippen LogP contribution in [0.2, 0.25) is 0 Å². The van der Waals surface area contributed by atoms with Crippen molar-refractivity contribution in [1.82, 2.24) is 9.21 Å². The zero-order valence-corrected chi connectivity index (χ0v) is 20.2. The second-order valence-electron chi connectivity index (χ2n) is 8.64. The summed E-state index contributed by atoms with van der Waals surface area (Å²) < 4.78 is 33.3. The Kier molecular flexibility index (Phi) is 9.03. The first kappa shape index (κ1) is 25.6. The van der Waals surface area contributed by atoms with E-state index in [4.69, 9.17) is 4.42 Å². The third-order valence-corrected chi connectivity index (χ3v) is 6.37. The molecule has 0 aliphatic rings. The predicted octanol–water partition coefficient (Wildman–Crippen LogP) is 3.57. The summed E-state index contributed by atoms with van der Waals surface area (Å²) in [6, 6.07) is 9.22. The minimum absolute atomic E-state index is 0.0326. The molecular weight excluding hydrogens is 430 g/mol. The summed E-state index contributed by atoms with van der Waals surface area (Å²) >= 11 is 0. The zero-order valence-electron chi connectivity index (χ0n) is 19.4. The topological polar surface area (TPSA) is 99.9 Å². The number of benzene rings is 1. The van der Waals surface area contributed by atoms with Gasteiger partial charge in [-0.2, -0.15) is 4.31 Å². The highest BCUT2D eigenvalue weighted by atomic mass is 32.2. The normalized spacial score (nSPS) is 11.9. The van der Waals surface area contributed by atoms with Crippen molar-refractivity contribution in [3.05, 3.63) is 48.4 Å². The van der Waals surface area contributed by atoms with Gasteiger partial charge in [0.05, 0.1) is 24.2 Å². The lowest BCUT2D eigenvalue weighted by molar-refractivity contribution is -0.132. The molecule has 176 valence electrons. The third-order valence-electron chi connectivity index (χ3n) is 4.56. The Balaban J connectivity index is 2.32. The van der Waals surface area contributed by atoms with Gasteiger partial charge >= 0.3 is 0 Å². The number of furan rings is 1. The van der Waals surface area contributed by atoms with Gasteiger partial charge in [0.15, 0.2) is 0 Å². The van der Waals surface area contributed by atoms with Gasteiger partial charge < -0.3 is 14.6 Å². The Bertz CT molecular complexity index is 973.